The molecule has 0 aromatic carbocycles. The highest BCUT2D eigenvalue weighted by Crippen LogP contribution is 2.37. The Morgan fingerprint density at radius 2 is 1.55 bits per heavy atom. The van der Waals surface area contributed by atoms with Gasteiger partial charge < -0.3 is 24.6 Å². The van der Waals surface area contributed by atoms with E-state index in [0.29, 0.717) is 31.1 Å². The minimum absolute atomic E-state index is 0.0217. The molecule has 4 heterocycles. The first-order chi connectivity index (χ1) is 18.5. The van der Waals surface area contributed by atoms with Crippen LogP contribution in [0, 0.1) is 6.92 Å². The highest BCUT2D eigenvalue weighted by molar-refractivity contribution is 5.94. The van der Waals surface area contributed by atoms with Crippen LogP contribution in [0.5, 0.6) is 5.88 Å². The largest absolute Gasteiger partial charge is 0.490 e. The lowest BCUT2D eigenvalue weighted by Crippen LogP contribution is -2.46. The molecule has 220 valence electrons. The van der Waals surface area contributed by atoms with E-state index in [1.165, 1.54) is 0 Å². The second-order valence-electron chi connectivity index (χ2n) is 8.69. The van der Waals surface area contributed by atoms with Crippen molar-refractivity contribution in [3.8, 4) is 5.88 Å². The number of likely N-dealkylation sites (tertiary alicyclic amines) is 1. The predicted molar refractivity (Wildman–Crippen MR) is 123 cm³/mol. The van der Waals surface area contributed by atoms with E-state index in [2.05, 4.69) is 9.97 Å². The molecule has 2 fully saturated rings. The van der Waals surface area contributed by atoms with Gasteiger partial charge in [-0.25, -0.2) is 14.6 Å². The van der Waals surface area contributed by atoms with Crippen LogP contribution in [0.1, 0.15) is 35.3 Å². The van der Waals surface area contributed by atoms with Crippen LogP contribution in [0.3, 0.4) is 0 Å². The van der Waals surface area contributed by atoms with Gasteiger partial charge in [0.1, 0.15) is 6.10 Å². The van der Waals surface area contributed by atoms with Crippen molar-refractivity contribution in [2.75, 3.05) is 19.7 Å². The molecular weight excluding hydrogens is 556 g/mol. The monoisotopic (exact) mass is 581 g/mol. The number of amides is 1. The maximum absolute atomic E-state index is 12.6. The van der Waals surface area contributed by atoms with E-state index in [1.54, 1.807) is 12.4 Å². The van der Waals surface area contributed by atoms with Gasteiger partial charge in [-0.1, -0.05) is 6.07 Å². The number of nitrogens with zero attached hydrogens (tertiary/aromatic N) is 3. The third kappa shape index (κ3) is 9.98. The molecule has 0 radical (unpaired) electrons. The van der Waals surface area contributed by atoms with Gasteiger partial charge in [0.2, 0.25) is 5.88 Å². The van der Waals surface area contributed by atoms with Crippen LogP contribution >= 0.6 is 0 Å². The van der Waals surface area contributed by atoms with Crippen molar-refractivity contribution in [1.82, 2.24) is 14.9 Å². The number of hydrogen-bond donors (Lipinski definition) is 2. The third-order valence-corrected chi connectivity index (χ3v) is 5.71. The number of halogens is 6. The molecule has 10 nitrogen and oxygen atoms in total. The van der Waals surface area contributed by atoms with Crippen LogP contribution in [0.4, 0.5) is 26.3 Å². The summed E-state index contributed by atoms with van der Waals surface area (Å²) in [6, 6.07) is 9.37. The predicted octanol–water partition coefficient (Wildman–Crippen LogP) is 3.89. The summed E-state index contributed by atoms with van der Waals surface area (Å²) in [5.41, 5.74) is 1.38. The van der Waals surface area contributed by atoms with Gasteiger partial charge >= 0.3 is 24.3 Å². The Kier molecular flexibility index (Phi) is 10.8. The Bertz CT molecular complexity index is 1110. The topological polar surface area (TPSA) is 139 Å². The molecule has 2 aliphatic rings. The lowest BCUT2D eigenvalue weighted by atomic mass is 9.87. The Morgan fingerprint density at radius 3 is 2.00 bits per heavy atom. The number of hydrogen-bond acceptors (Lipinski definition) is 7. The third-order valence-electron chi connectivity index (χ3n) is 5.71. The number of carbonyl (C=O) groups is 3. The Labute approximate surface area is 223 Å². The number of ether oxygens (including phenoxy) is 2. The SMILES string of the molecule is Cc1ccc(C(=O)N2CCC3(CC2)CC(Oc2ccccn2)CO3)cn1.O=C(O)C(F)(F)F.O=C(O)C(F)(F)F. The second kappa shape index (κ2) is 13.4. The molecule has 1 spiro atoms. The highest BCUT2D eigenvalue weighted by Gasteiger charge is 2.44. The van der Waals surface area contributed by atoms with E-state index in [4.69, 9.17) is 29.3 Å². The molecule has 1 amide bonds. The lowest BCUT2D eigenvalue weighted by Gasteiger charge is -2.38. The van der Waals surface area contributed by atoms with E-state index in [1.807, 2.05) is 42.2 Å². The lowest BCUT2D eigenvalue weighted by molar-refractivity contribution is -0.193. The van der Waals surface area contributed by atoms with Gasteiger partial charge in [0, 0.05) is 43.7 Å². The van der Waals surface area contributed by atoms with E-state index >= 15 is 0 Å². The summed E-state index contributed by atoms with van der Waals surface area (Å²) >= 11 is 0. The number of alkyl halides is 6. The zero-order valence-corrected chi connectivity index (χ0v) is 20.9. The summed E-state index contributed by atoms with van der Waals surface area (Å²) in [4.78, 5) is 40.8. The number of carbonyl (C=O) groups excluding carboxylic acids is 1. The van der Waals surface area contributed by atoms with E-state index in [-0.39, 0.29) is 17.6 Å². The van der Waals surface area contributed by atoms with Gasteiger partial charge in [0.05, 0.1) is 17.8 Å². The Hall–Kier alpha value is -3.95. The van der Waals surface area contributed by atoms with Gasteiger partial charge in [0.25, 0.3) is 5.91 Å². The number of aromatic nitrogens is 2. The van der Waals surface area contributed by atoms with Crippen molar-refractivity contribution in [3.63, 3.8) is 0 Å². The standard InChI is InChI=1S/C20H23N3O3.2C2HF3O2/c1-15-5-6-16(13-22-15)19(24)23-10-7-20(8-11-23)12-17(14-25-20)26-18-4-2-3-9-21-18;2*3-2(4,5)1(6)7/h2-6,9,13,17H,7-8,10-12,14H2,1H3;2*(H,6,7). The van der Waals surface area contributed by atoms with Crippen LogP contribution < -0.4 is 4.74 Å². The van der Waals surface area contributed by atoms with E-state index in [9.17, 15) is 31.1 Å². The molecule has 0 bridgehead atoms. The summed E-state index contributed by atoms with van der Waals surface area (Å²) in [7, 11) is 0. The molecule has 2 saturated heterocycles. The Balaban J connectivity index is 0.000000333. The summed E-state index contributed by atoms with van der Waals surface area (Å²) in [6.45, 7) is 3.89. The summed E-state index contributed by atoms with van der Waals surface area (Å²) in [5, 5.41) is 14.2. The average molecular weight is 581 g/mol. The summed E-state index contributed by atoms with van der Waals surface area (Å²) in [5.74, 6) is -4.83. The molecule has 2 aliphatic heterocycles. The number of pyridine rings is 2. The minimum atomic E-state index is -5.08. The van der Waals surface area contributed by atoms with Crippen molar-refractivity contribution < 1.29 is 60.4 Å². The van der Waals surface area contributed by atoms with Crippen molar-refractivity contribution in [1.29, 1.82) is 0 Å². The van der Waals surface area contributed by atoms with Crippen LogP contribution in [-0.2, 0) is 14.3 Å². The molecule has 0 aliphatic carbocycles. The van der Waals surface area contributed by atoms with Gasteiger partial charge in [0.15, 0.2) is 0 Å². The fourth-order valence-corrected chi connectivity index (χ4v) is 3.71. The van der Waals surface area contributed by atoms with Crippen molar-refractivity contribution >= 4 is 17.8 Å². The summed E-state index contributed by atoms with van der Waals surface area (Å²) in [6.07, 6.45) is -4.25. The van der Waals surface area contributed by atoms with Gasteiger partial charge in [-0.15, -0.1) is 0 Å². The molecule has 1 atom stereocenters. The minimum Gasteiger partial charge on any atom is -0.475 e. The molecular formula is C24H25F6N3O7. The Morgan fingerprint density at radius 1 is 0.975 bits per heavy atom. The summed E-state index contributed by atoms with van der Waals surface area (Å²) < 4.78 is 75.5. The van der Waals surface area contributed by atoms with Crippen LogP contribution in [0.2, 0.25) is 0 Å². The molecule has 1 unspecified atom stereocenters. The molecule has 2 N–H and O–H groups in total. The van der Waals surface area contributed by atoms with Gasteiger partial charge in [-0.2, -0.15) is 26.3 Å². The number of carboxylic acid groups (broad SMARTS) is 2. The smallest absolute Gasteiger partial charge is 0.475 e. The fourth-order valence-electron chi connectivity index (χ4n) is 3.71. The molecule has 2 aromatic rings. The first-order valence-electron chi connectivity index (χ1n) is 11.6. The van der Waals surface area contributed by atoms with Gasteiger partial charge in [-0.3, -0.25) is 9.78 Å². The first-order valence-corrected chi connectivity index (χ1v) is 11.6. The number of piperidine rings is 1. The van der Waals surface area contributed by atoms with Crippen molar-refractivity contribution in [3.05, 3.63) is 54.0 Å². The zero-order valence-electron chi connectivity index (χ0n) is 20.9. The number of rotatable bonds is 3. The number of aryl methyl sites for hydroxylation is 1. The zero-order chi connectivity index (χ0) is 30.1. The highest BCUT2D eigenvalue weighted by atomic mass is 19.4. The maximum atomic E-state index is 12.6. The molecule has 4 rings (SSSR count). The first kappa shape index (κ1) is 32.3. The molecule has 0 saturated carbocycles. The maximum Gasteiger partial charge on any atom is 0.490 e. The average Bonchev–Trinajstić information content (AvgIpc) is 3.26. The molecule has 40 heavy (non-hydrogen) atoms. The van der Waals surface area contributed by atoms with Crippen LogP contribution in [0.25, 0.3) is 0 Å². The quantitative estimate of drug-likeness (QED) is 0.517. The van der Waals surface area contributed by atoms with Crippen LogP contribution in [-0.4, -0.2) is 86.7 Å². The normalized spacial score (nSPS) is 18.1. The van der Waals surface area contributed by atoms with E-state index in [0.717, 1.165) is 25.0 Å². The fraction of sp³-hybridized carbons (Fsp3) is 0.458. The van der Waals surface area contributed by atoms with E-state index < -0.39 is 24.3 Å². The van der Waals surface area contributed by atoms with Gasteiger partial charge in [-0.05, 0) is 38.0 Å². The van der Waals surface area contributed by atoms with Crippen LogP contribution in [0.15, 0.2) is 42.7 Å². The van der Waals surface area contributed by atoms with Crippen molar-refractivity contribution in [2.24, 2.45) is 0 Å². The second-order valence-corrected chi connectivity index (χ2v) is 8.69. The number of carboxylic acids is 2. The molecule has 2 aromatic heterocycles. The molecule has 16 heteroatoms. The number of aliphatic carboxylic acids is 2. The van der Waals surface area contributed by atoms with Crippen molar-refractivity contribution in [2.45, 2.75) is 50.2 Å².